The van der Waals surface area contributed by atoms with Gasteiger partial charge in [0.05, 0.1) is 17.0 Å². The molecular formula is C26H25ClN6O. The molecule has 4 heterocycles. The Kier molecular flexibility index (Phi) is 5.53. The molecule has 1 fully saturated rings. The van der Waals surface area contributed by atoms with Gasteiger partial charge in [-0.25, -0.2) is 4.68 Å². The Hall–Kier alpha value is -3.26. The number of piperazine rings is 1. The summed E-state index contributed by atoms with van der Waals surface area (Å²) in [6.45, 7) is 5.86. The molecule has 0 bridgehead atoms. The van der Waals surface area contributed by atoms with Crippen LogP contribution in [0.15, 0.2) is 65.1 Å². The van der Waals surface area contributed by atoms with Crippen molar-refractivity contribution in [3.8, 4) is 22.7 Å². The van der Waals surface area contributed by atoms with Crippen molar-refractivity contribution in [2.45, 2.75) is 6.54 Å². The summed E-state index contributed by atoms with van der Waals surface area (Å²) in [6, 6.07) is 19.9. The van der Waals surface area contributed by atoms with Gasteiger partial charge in [-0.1, -0.05) is 60.1 Å². The Labute approximate surface area is 202 Å². The minimum absolute atomic E-state index is 0.539. The molecule has 1 aliphatic heterocycles. The third-order valence-electron chi connectivity index (χ3n) is 6.53. The summed E-state index contributed by atoms with van der Waals surface area (Å²) in [6.07, 6.45) is 0. The van der Waals surface area contributed by atoms with E-state index >= 15 is 0 Å². The van der Waals surface area contributed by atoms with Crippen molar-refractivity contribution in [2.75, 3.05) is 39.8 Å². The first kappa shape index (κ1) is 21.3. The molecule has 2 aromatic carbocycles. The van der Waals surface area contributed by atoms with Crippen molar-refractivity contribution in [3.05, 3.63) is 65.7 Å². The number of halogens is 1. The van der Waals surface area contributed by atoms with Crippen LogP contribution in [-0.4, -0.2) is 69.5 Å². The molecule has 6 rings (SSSR count). The lowest BCUT2D eigenvalue weighted by molar-refractivity contribution is 0.149. The third-order valence-corrected chi connectivity index (χ3v) is 6.90. The number of rotatable bonds is 5. The molecule has 1 saturated heterocycles. The molecule has 0 unspecified atom stereocenters. The number of aromatic nitrogens is 4. The molecule has 0 amide bonds. The van der Waals surface area contributed by atoms with Gasteiger partial charge in [0, 0.05) is 43.7 Å². The van der Waals surface area contributed by atoms with E-state index in [1.807, 2.05) is 65.3 Å². The molecule has 3 aromatic heterocycles. The van der Waals surface area contributed by atoms with Crippen LogP contribution in [-0.2, 0) is 6.54 Å². The maximum absolute atomic E-state index is 6.99. The van der Waals surface area contributed by atoms with Crippen LogP contribution in [0.2, 0.25) is 5.02 Å². The van der Waals surface area contributed by atoms with Gasteiger partial charge in [-0.2, -0.15) is 5.10 Å². The van der Waals surface area contributed by atoms with E-state index in [0.29, 0.717) is 34.4 Å². The van der Waals surface area contributed by atoms with Gasteiger partial charge in [0.1, 0.15) is 17.0 Å². The standard InChI is InChI=1S/C26H25ClN6O/c1-31-11-13-32(14-12-31)15-16-33-26-22(23(27)24(28-29-26)18-7-3-2-4-8-18)25(30-33)21-17-19-9-5-6-10-20(19)34-21/h2-10,17H,11-16H2,1H3. The Morgan fingerprint density at radius 1 is 0.882 bits per heavy atom. The van der Waals surface area contributed by atoms with Crippen LogP contribution in [0.25, 0.3) is 44.7 Å². The quantitative estimate of drug-likeness (QED) is 0.366. The maximum Gasteiger partial charge on any atom is 0.182 e. The fraction of sp³-hybridized carbons (Fsp3) is 0.269. The van der Waals surface area contributed by atoms with Crippen molar-refractivity contribution in [2.24, 2.45) is 0 Å². The number of nitrogens with zero attached hydrogens (tertiary/aromatic N) is 6. The minimum atomic E-state index is 0.539. The average Bonchev–Trinajstić information content (AvgIpc) is 3.46. The van der Waals surface area contributed by atoms with Gasteiger partial charge in [-0.15, -0.1) is 10.2 Å². The van der Waals surface area contributed by atoms with Crippen molar-refractivity contribution in [1.82, 2.24) is 29.8 Å². The van der Waals surface area contributed by atoms with E-state index in [9.17, 15) is 0 Å². The van der Waals surface area contributed by atoms with E-state index in [-0.39, 0.29) is 0 Å². The summed E-state index contributed by atoms with van der Waals surface area (Å²) in [5.41, 5.74) is 3.75. The lowest BCUT2D eigenvalue weighted by atomic mass is 10.1. The number of hydrogen-bond donors (Lipinski definition) is 0. The van der Waals surface area contributed by atoms with Crippen LogP contribution in [0.3, 0.4) is 0 Å². The molecule has 0 radical (unpaired) electrons. The zero-order chi connectivity index (χ0) is 23.1. The molecule has 8 heteroatoms. The zero-order valence-corrected chi connectivity index (χ0v) is 19.7. The number of fused-ring (bicyclic) bond motifs is 2. The van der Waals surface area contributed by atoms with E-state index in [4.69, 9.17) is 21.1 Å². The second kappa shape index (κ2) is 8.83. The molecule has 0 spiro atoms. The number of hydrogen-bond acceptors (Lipinski definition) is 6. The molecule has 0 aliphatic carbocycles. The Morgan fingerprint density at radius 2 is 1.65 bits per heavy atom. The Bertz CT molecular complexity index is 1420. The molecule has 34 heavy (non-hydrogen) atoms. The van der Waals surface area contributed by atoms with Crippen LogP contribution in [0, 0.1) is 0 Å². The van der Waals surface area contributed by atoms with Crippen molar-refractivity contribution < 1.29 is 4.42 Å². The third kappa shape index (κ3) is 3.86. The Morgan fingerprint density at radius 3 is 2.44 bits per heavy atom. The summed E-state index contributed by atoms with van der Waals surface area (Å²) in [5.74, 6) is 0.679. The van der Waals surface area contributed by atoms with Gasteiger partial charge in [0.25, 0.3) is 0 Å². The first-order valence-corrected chi connectivity index (χ1v) is 11.9. The minimum Gasteiger partial charge on any atom is -0.454 e. The molecule has 0 saturated carbocycles. The molecule has 1 aliphatic rings. The summed E-state index contributed by atoms with van der Waals surface area (Å²) in [5, 5.41) is 16.4. The molecule has 0 N–H and O–H groups in total. The molecule has 0 atom stereocenters. The van der Waals surface area contributed by atoms with Gasteiger partial charge < -0.3 is 9.32 Å². The predicted molar refractivity (Wildman–Crippen MR) is 135 cm³/mol. The SMILES string of the molecule is CN1CCN(CCn2nc(-c3cc4ccccc4o3)c3c(Cl)c(-c4ccccc4)nnc32)CC1. The lowest BCUT2D eigenvalue weighted by Crippen LogP contribution is -2.45. The van der Waals surface area contributed by atoms with E-state index in [1.165, 1.54) is 0 Å². The highest BCUT2D eigenvalue weighted by molar-refractivity contribution is 6.38. The number of benzene rings is 2. The average molecular weight is 473 g/mol. The highest BCUT2D eigenvalue weighted by Gasteiger charge is 2.24. The van der Waals surface area contributed by atoms with E-state index < -0.39 is 0 Å². The van der Waals surface area contributed by atoms with Gasteiger partial charge in [-0.05, 0) is 19.2 Å². The zero-order valence-electron chi connectivity index (χ0n) is 19.0. The molecule has 5 aromatic rings. The van der Waals surface area contributed by atoms with Gasteiger partial charge in [0.15, 0.2) is 11.4 Å². The normalized spacial score (nSPS) is 15.5. The predicted octanol–water partition coefficient (Wildman–Crippen LogP) is 4.81. The van der Waals surface area contributed by atoms with Crippen LogP contribution in [0.4, 0.5) is 0 Å². The highest BCUT2D eigenvalue weighted by Crippen LogP contribution is 2.38. The largest absolute Gasteiger partial charge is 0.454 e. The summed E-state index contributed by atoms with van der Waals surface area (Å²) in [4.78, 5) is 4.82. The molecule has 7 nitrogen and oxygen atoms in total. The molecular weight excluding hydrogens is 448 g/mol. The number of likely N-dealkylation sites (N-methyl/N-ethyl adjacent to an activating group) is 1. The second-order valence-corrected chi connectivity index (χ2v) is 9.17. The van der Waals surface area contributed by atoms with E-state index in [0.717, 1.165) is 54.6 Å². The second-order valence-electron chi connectivity index (χ2n) is 8.79. The fourth-order valence-electron chi connectivity index (χ4n) is 4.53. The first-order chi connectivity index (χ1) is 16.7. The summed E-state index contributed by atoms with van der Waals surface area (Å²) >= 11 is 6.99. The fourth-order valence-corrected chi connectivity index (χ4v) is 4.85. The van der Waals surface area contributed by atoms with Gasteiger partial charge in [-0.3, -0.25) is 4.90 Å². The van der Waals surface area contributed by atoms with Gasteiger partial charge in [0.2, 0.25) is 0 Å². The topological polar surface area (TPSA) is 63.2 Å². The Balaban J connectivity index is 1.45. The van der Waals surface area contributed by atoms with Gasteiger partial charge >= 0.3 is 0 Å². The molecule has 172 valence electrons. The van der Waals surface area contributed by atoms with E-state index in [1.54, 1.807) is 0 Å². The monoisotopic (exact) mass is 472 g/mol. The van der Waals surface area contributed by atoms with E-state index in [2.05, 4.69) is 27.0 Å². The smallest absolute Gasteiger partial charge is 0.182 e. The lowest BCUT2D eigenvalue weighted by Gasteiger charge is -2.32. The summed E-state index contributed by atoms with van der Waals surface area (Å²) < 4.78 is 8.10. The maximum atomic E-state index is 6.99. The number of para-hydroxylation sites is 1. The van der Waals surface area contributed by atoms with Crippen molar-refractivity contribution in [1.29, 1.82) is 0 Å². The van der Waals surface area contributed by atoms with Crippen LogP contribution >= 0.6 is 11.6 Å². The highest BCUT2D eigenvalue weighted by atomic mass is 35.5. The summed E-state index contributed by atoms with van der Waals surface area (Å²) in [7, 11) is 2.17. The van der Waals surface area contributed by atoms with Crippen LogP contribution < -0.4 is 0 Å². The van der Waals surface area contributed by atoms with Crippen LogP contribution in [0.5, 0.6) is 0 Å². The van der Waals surface area contributed by atoms with Crippen LogP contribution in [0.1, 0.15) is 0 Å². The van der Waals surface area contributed by atoms with Crippen molar-refractivity contribution in [3.63, 3.8) is 0 Å². The van der Waals surface area contributed by atoms with Crippen molar-refractivity contribution >= 4 is 33.6 Å². The number of furan rings is 1. The first-order valence-electron chi connectivity index (χ1n) is 11.6.